The Bertz CT molecular complexity index is 833. The van der Waals surface area contributed by atoms with Crippen LogP contribution in [-0.4, -0.2) is 24.2 Å². The molecule has 0 bridgehead atoms. The normalized spacial score (nSPS) is 24.7. The van der Waals surface area contributed by atoms with Crippen molar-refractivity contribution >= 4 is 11.5 Å². The zero-order chi connectivity index (χ0) is 19.6. The first-order valence-corrected chi connectivity index (χ1v) is 9.88. The summed E-state index contributed by atoms with van der Waals surface area (Å²) in [5.74, 6) is 5.71. The van der Waals surface area contributed by atoms with E-state index in [1.165, 1.54) is 0 Å². The van der Waals surface area contributed by atoms with Crippen molar-refractivity contribution in [2.45, 2.75) is 71.4 Å². The average molecular weight is 366 g/mol. The van der Waals surface area contributed by atoms with E-state index in [-0.39, 0.29) is 17.8 Å². The molecule has 4 heteroatoms. The molecule has 1 aliphatic carbocycles. The maximum absolute atomic E-state index is 13.4. The number of hydrogen-bond acceptors (Lipinski definition) is 3. The SMILES string of the molecule is CC#Cc1cc(C)c(C2=C([O-])C3(CCC(OCC)CC3)NC2=O)c(CC)c1. The van der Waals surface area contributed by atoms with Gasteiger partial charge in [0.15, 0.2) is 0 Å². The quantitative estimate of drug-likeness (QED) is 0.834. The van der Waals surface area contributed by atoms with Gasteiger partial charge in [-0.2, -0.15) is 0 Å². The van der Waals surface area contributed by atoms with Gasteiger partial charge in [-0.05, 0) is 81.7 Å². The van der Waals surface area contributed by atoms with Gasteiger partial charge in [0.1, 0.15) is 0 Å². The molecule has 1 fully saturated rings. The predicted octanol–water partition coefficient (Wildman–Crippen LogP) is 2.85. The first kappa shape index (κ1) is 19.5. The predicted molar refractivity (Wildman–Crippen MR) is 105 cm³/mol. The highest BCUT2D eigenvalue weighted by Crippen LogP contribution is 2.42. The van der Waals surface area contributed by atoms with Gasteiger partial charge in [0.2, 0.25) is 0 Å². The first-order valence-electron chi connectivity index (χ1n) is 9.88. The molecule has 1 heterocycles. The molecule has 1 spiro atoms. The van der Waals surface area contributed by atoms with Crippen molar-refractivity contribution in [2.24, 2.45) is 0 Å². The van der Waals surface area contributed by atoms with Gasteiger partial charge in [-0.3, -0.25) is 4.79 Å². The largest absolute Gasteiger partial charge is 0.873 e. The molecule has 1 amide bonds. The van der Waals surface area contributed by atoms with Gasteiger partial charge < -0.3 is 15.2 Å². The Hall–Kier alpha value is -2.25. The number of benzene rings is 1. The molecule has 0 aromatic heterocycles. The Kier molecular flexibility index (Phi) is 5.62. The zero-order valence-corrected chi connectivity index (χ0v) is 16.7. The molecule has 1 aliphatic heterocycles. The van der Waals surface area contributed by atoms with E-state index in [9.17, 15) is 9.90 Å². The number of carbonyl (C=O) groups is 1. The van der Waals surface area contributed by atoms with Crippen LogP contribution in [0.2, 0.25) is 0 Å². The second kappa shape index (κ2) is 7.78. The topological polar surface area (TPSA) is 61.4 Å². The van der Waals surface area contributed by atoms with E-state index in [4.69, 9.17) is 4.74 Å². The minimum Gasteiger partial charge on any atom is -0.873 e. The highest BCUT2D eigenvalue weighted by molar-refractivity contribution is 6.23. The molecule has 0 radical (unpaired) electrons. The fourth-order valence-corrected chi connectivity index (χ4v) is 4.46. The van der Waals surface area contributed by atoms with Crippen LogP contribution in [-0.2, 0) is 16.0 Å². The molecule has 4 nitrogen and oxygen atoms in total. The van der Waals surface area contributed by atoms with Gasteiger partial charge in [0.25, 0.3) is 5.91 Å². The average Bonchev–Trinajstić information content (AvgIpc) is 2.87. The van der Waals surface area contributed by atoms with Crippen molar-refractivity contribution in [2.75, 3.05) is 6.61 Å². The lowest BCUT2D eigenvalue weighted by molar-refractivity contribution is -0.317. The van der Waals surface area contributed by atoms with Gasteiger partial charge in [0, 0.05) is 17.7 Å². The third kappa shape index (κ3) is 3.49. The number of rotatable bonds is 4. The van der Waals surface area contributed by atoms with Gasteiger partial charge in [-0.15, -0.1) is 5.92 Å². The van der Waals surface area contributed by atoms with Crippen LogP contribution in [0.5, 0.6) is 0 Å². The Morgan fingerprint density at radius 1 is 1.30 bits per heavy atom. The molecule has 144 valence electrons. The van der Waals surface area contributed by atoms with Crippen molar-refractivity contribution in [3.8, 4) is 11.8 Å². The Morgan fingerprint density at radius 3 is 2.59 bits per heavy atom. The number of amides is 1. The fraction of sp³-hybridized carbons (Fsp3) is 0.522. The summed E-state index contributed by atoms with van der Waals surface area (Å²) in [7, 11) is 0. The lowest BCUT2D eigenvalue weighted by Gasteiger charge is -2.41. The van der Waals surface area contributed by atoms with E-state index in [0.29, 0.717) is 25.0 Å². The Balaban J connectivity index is 2.02. The van der Waals surface area contributed by atoms with Crippen LogP contribution in [0, 0.1) is 18.8 Å². The van der Waals surface area contributed by atoms with E-state index < -0.39 is 5.54 Å². The lowest BCUT2D eigenvalue weighted by Crippen LogP contribution is -2.50. The summed E-state index contributed by atoms with van der Waals surface area (Å²) < 4.78 is 5.71. The van der Waals surface area contributed by atoms with Crippen LogP contribution >= 0.6 is 0 Å². The standard InChI is InChI=1S/C23H29NO3/c1-5-8-16-13-15(4)19(17(6-2)14-16)20-21(25)23(24-22(20)26)11-9-18(10-12-23)27-7-3/h13-14,18,25H,6-7,9-12H2,1-4H3,(H,24,26)/p-1. The summed E-state index contributed by atoms with van der Waals surface area (Å²) in [5.41, 5.74) is 3.24. The third-order valence-corrected chi connectivity index (χ3v) is 5.75. The Morgan fingerprint density at radius 2 is 2.00 bits per heavy atom. The van der Waals surface area contributed by atoms with Crippen LogP contribution in [0.15, 0.2) is 17.9 Å². The molecular formula is C23H28NO3-. The van der Waals surface area contributed by atoms with Crippen LogP contribution in [0.3, 0.4) is 0 Å². The van der Waals surface area contributed by atoms with Gasteiger partial charge in [-0.25, -0.2) is 0 Å². The van der Waals surface area contributed by atoms with E-state index >= 15 is 0 Å². The molecule has 2 aliphatic rings. The second-order valence-electron chi connectivity index (χ2n) is 7.45. The molecule has 3 rings (SSSR count). The highest BCUT2D eigenvalue weighted by atomic mass is 16.5. The van der Waals surface area contributed by atoms with Crippen LogP contribution in [0.1, 0.15) is 68.7 Å². The van der Waals surface area contributed by atoms with Crippen molar-refractivity contribution < 1.29 is 14.6 Å². The second-order valence-corrected chi connectivity index (χ2v) is 7.45. The maximum Gasteiger partial charge on any atom is 0.251 e. The fourth-order valence-electron chi connectivity index (χ4n) is 4.46. The highest BCUT2D eigenvalue weighted by Gasteiger charge is 2.43. The smallest absolute Gasteiger partial charge is 0.251 e. The molecular weight excluding hydrogens is 338 g/mol. The number of carbonyl (C=O) groups excluding carboxylic acids is 1. The summed E-state index contributed by atoms with van der Waals surface area (Å²) in [4.78, 5) is 12.9. The zero-order valence-electron chi connectivity index (χ0n) is 16.7. The summed E-state index contributed by atoms with van der Waals surface area (Å²) in [6.07, 6.45) is 3.83. The van der Waals surface area contributed by atoms with Crippen molar-refractivity contribution in [3.63, 3.8) is 0 Å². The summed E-state index contributed by atoms with van der Waals surface area (Å²) in [5, 5.41) is 16.4. The summed E-state index contributed by atoms with van der Waals surface area (Å²) >= 11 is 0. The van der Waals surface area contributed by atoms with Crippen molar-refractivity contribution in [1.29, 1.82) is 0 Å². The van der Waals surface area contributed by atoms with E-state index in [1.807, 2.05) is 32.9 Å². The third-order valence-electron chi connectivity index (χ3n) is 5.75. The van der Waals surface area contributed by atoms with Crippen LogP contribution in [0.25, 0.3) is 5.57 Å². The van der Waals surface area contributed by atoms with Crippen molar-refractivity contribution in [1.82, 2.24) is 5.32 Å². The van der Waals surface area contributed by atoms with E-state index in [1.54, 1.807) is 6.92 Å². The molecule has 0 unspecified atom stereocenters. The molecule has 1 saturated carbocycles. The van der Waals surface area contributed by atoms with E-state index in [0.717, 1.165) is 41.5 Å². The molecule has 1 aromatic rings. The first-order chi connectivity index (χ1) is 13.0. The lowest BCUT2D eigenvalue weighted by atomic mass is 9.78. The van der Waals surface area contributed by atoms with Gasteiger partial charge in [0.05, 0.1) is 11.6 Å². The molecule has 1 N–H and O–H groups in total. The molecule has 0 saturated heterocycles. The maximum atomic E-state index is 13.4. The minimum absolute atomic E-state index is 0.0467. The van der Waals surface area contributed by atoms with Crippen molar-refractivity contribution in [3.05, 3.63) is 40.1 Å². The number of hydrogen-bond donors (Lipinski definition) is 1. The number of aryl methyl sites for hydroxylation is 2. The molecule has 1 aromatic carbocycles. The Labute approximate surface area is 162 Å². The number of ether oxygens (including phenoxy) is 1. The molecule has 27 heavy (non-hydrogen) atoms. The van der Waals surface area contributed by atoms with Crippen LogP contribution in [0.4, 0.5) is 0 Å². The van der Waals surface area contributed by atoms with E-state index in [2.05, 4.69) is 17.2 Å². The monoisotopic (exact) mass is 366 g/mol. The molecule has 0 atom stereocenters. The van der Waals surface area contributed by atoms with Crippen LogP contribution < -0.4 is 10.4 Å². The minimum atomic E-state index is -0.751. The summed E-state index contributed by atoms with van der Waals surface area (Å²) in [6.45, 7) is 8.48. The summed E-state index contributed by atoms with van der Waals surface area (Å²) in [6, 6.07) is 3.97. The number of nitrogens with one attached hydrogen (secondary N) is 1. The van der Waals surface area contributed by atoms with Gasteiger partial charge >= 0.3 is 0 Å². The van der Waals surface area contributed by atoms with Gasteiger partial charge in [-0.1, -0.05) is 18.6 Å².